The number of imidazole rings is 1. The van der Waals surface area contributed by atoms with Gasteiger partial charge in [-0.05, 0) is 55.8 Å². The van der Waals surface area contributed by atoms with Crippen LogP contribution in [0.1, 0.15) is 70.1 Å². The number of aromatic nitrogens is 2. The van der Waals surface area contributed by atoms with Crippen LogP contribution >= 0.6 is 0 Å². The number of aliphatic carboxylic acids is 1. The number of hydrogen-bond donors (Lipinski definition) is 15. The average Bonchev–Trinajstić information content (AvgIpc) is 3.78. The summed E-state index contributed by atoms with van der Waals surface area (Å²) in [5, 5.41) is 44.4. The Bertz CT molecular complexity index is 1910. The molecule has 360 valence electrons. The maximum absolute atomic E-state index is 13.8. The number of aliphatic imine (C=N–C) groups is 1. The Morgan fingerprint density at radius 2 is 1.32 bits per heavy atom. The molecule has 2 rings (SSSR count). The van der Waals surface area contributed by atoms with E-state index in [1.54, 1.807) is 13.8 Å². The number of aromatic amines is 1. The highest BCUT2D eigenvalue weighted by Crippen LogP contribution is 2.13. The Morgan fingerprint density at radius 3 is 1.89 bits per heavy atom. The molecule has 65 heavy (non-hydrogen) atoms. The second kappa shape index (κ2) is 28.0. The van der Waals surface area contributed by atoms with Crippen LogP contribution in [-0.2, 0) is 51.2 Å². The topological polar surface area (TPSA) is 441 Å². The number of aliphatic hydroxyl groups is 1. The molecule has 0 aliphatic carbocycles. The summed E-state index contributed by atoms with van der Waals surface area (Å²) >= 11 is 0. The zero-order valence-electron chi connectivity index (χ0n) is 36.5. The molecule has 0 saturated carbocycles. The summed E-state index contributed by atoms with van der Waals surface area (Å²) in [6.07, 6.45) is 3.41. The second-order valence-electron chi connectivity index (χ2n) is 15.4. The molecule has 7 amide bonds. The molecule has 8 atom stereocenters. The lowest BCUT2D eigenvalue weighted by molar-refractivity contribution is -0.142. The summed E-state index contributed by atoms with van der Waals surface area (Å²) in [5.41, 5.74) is 28.6. The zero-order chi connectivity index (χ0) is 48.6. The van der Waals surface area contributed by atoms with Crippen molar-refractivity contribution in [1.82, 2.24) is 41.9 Å². The maximum atomic E-state index is 13.8. The van der Waals surface area contributed by atoms with Crippen molar-refractivity contribution in [3.05, 3.63) is 48.0 Å². The third kappa shape index (κ3) is 19.6. The van der Waals surface area contributed by atoms with E-state index in [0.29, 0.717) is 30.6 Å². The molecule has 2 aromatic rings. The van der Waals surface area contributed by atoms with E-state index in [-0.39, 0.29) is 56.8 Å². The summed E-state index contributed by atoms with van der Waals surface area (Å²) in [7, 11) is 0. The van der Waals surface area contributed by atoms with E-state index in [0.717, 1.165) is 0 Å². The summed E-state index contributed by atoms with van der Waals surface area (Å²) in [6.45, 7) is 2.75. The van der Waals surface area contributed by atoms with Crippen molar-refractivity contribution in [2.75, 3.05) is 19.7 Å². The van der Waals surface area contributed by atoms with Crippen LogP contribution in [0.3, 0.4) is 0 Å². The predicted molar refractivity (Wildman–Crippen MR) is 234 cm³/mol. The fourth-order valence-electron chi connectivity index (χ4n) is 6.22. The van der Waals surface area contributed by atoms with Crippen LogP contribution in [0.5, 0.6) is 5.75 Å². The summed E-state index contributed by atoms with van der Waals surface area (Å²) in [4.78, 5) is 116. The molecule has 1 heterocycles. The van der Waals surface area contributed by atoms with Crippen LogP contribution in [0.2, 0.25) is 0 Å². The highest BCUT2D eigenvalue weighted by atomic mass is 16.4. The Morgan fingerprint density at radius 1 is 0.738 bits per heavy atom. The predicted octanol–water partition coefficient (Wildman–Crippen LogP) is -4.68. The van der Waals surface area contributed by atoms with Crippen molar-refractivity contribution in [2.45, 2.75) is 114 Å². The summed E-state index contributed by atoms with van der Waals surface area (Å²) in [6, 6.07) is -4.41. The molecule has 0 bridgehead atoms. The normalized spacial score (nSPS) is 14.7. The van der Waals surface area contributed by atoms with Crippen LogP contribution in [0, 0.1) is 5.92 Å². The van der Waals surface area contributed by atoms with Crippen molar-refractivity contribution < 1.29 is 53.7 Å². The SMILES string of the molecule is CC[C@H](C)[C@H](NC(=O)[C@H](CC(N)=O)NC(=O)[C@H](CCCN=C(N)N)NC(=O)[C@@H](N)CCCCN)C(=O)N[C@@H](CO)C(=O)N[C@@H](Cc1cnc[nH]1)C(=O)N[C@@H](Cc1ccc(O)cc1)C(=O)O. The average molecular weight is 917 g/mol. The summed E-state index contributed by atoms with van der Waals surface area (Å²) in [5.74, 6) is -8.89. The molecule has 0 spiro atoms. The maximum Gasteiger partial charge on any atom is 0.326 e. The Hall–Kier alpha value is -6.86. The first-order valence-corrected chi connectivity index (χ1v) is 21.0. The first kappa shape index (κ1) is 54.3. The van der Waals surface area contributed by atoms with Gasteiger partial charge in [-0.3, -0.25) is 38.6 Å². The van der Waals surface area contributed by atoms with Gasteiger partial charge in [-0.15, -0.1) is 0 Å². The number of carbonyl (C=O) groups excluding carboxylic acids is 7. The molecular weight excluding hydrogens is 853 g/mol. The quantitative estimate of drug-likeness (QED) is 0.0199. The molecule has 0 unspecified atom stereocenters. The fourth-order valence-corrected chi connectivity index (χ4v) is 6.22. The molecule has 0 saturated heterocycles. The molecule has 0 radical (unpaired) electrons. The van der Waals surface area contributed by atoms with Crippen LogP contribution in [0.25, 0.3) is 0 Å². The number of carboxylic acids is 1. The number of phenolic OH excluding ortho intramolecular Hbond substituents is 1. The van der Waals surface area contributed by atoms with Crippen LogP contribution in [-0.4, -0.2) is 141 Å². The number of nitrogens with two attached hydrogens (primary N) is 5. The number of guanidine groups is 1. The number of unbranched alkanes of at least 4 members (excludes halogenated alkanes) is 1. The minimum Gasteiger partial charge on any atom is -0.508 e. The van der Waals surface area contributed by atoms with E-state index >= 15 is 0 Å². The van der Waals surface area contributed by atoms with Crippen LogP contribution < -0.4 is 60.6 Å². The molecule has 0 fully saturated rings. The standard InChI is InChI=1S/C40H64N14O11/c1-3-21(2)32(54-36(61)28(17-31(43)57)51-34(59)26(8-6-14-47-40(44)45)49-33(58)25(42)7-4-5-13-41)38(63)53-30(19-55)37(62)50-27(16-23-18-46-20-48-23)35(60)52-29(39(64)65)15-22-9-11-24(56)12-10-22/h9-12,18,20-21,25-30,32,55-56H,3-8,13-17,19,41-42H2,1-2H3,(H2,43,57)(H,46,48)(H,49,58)(H,50,62)(H,51,59)(H,52,60)(H,53,63)(H,54,61)(H,64,65)(H4,44,45,47)/t21-,25-,26-,27-,28-,29-,30-,32-/m0/s1. The zero-order valence-corrected chi connectivity index (χ0v) is 36.5. The number of nitrogens with one attached hydrogen (secondary N) is 7. The van der Waals surface area contributed by atoms with Gasteiger partial charge in [0.05, 0.1) is 25.4 Å². The van der Waals surface area contributed by atoms with Crippen molar-refractivity contribution in [1.29, 1.82) is 0 Å². The van der Waals surface area contributed by atoms with Gasteiger partial charge in [0.1, 0.15) is 42.0 Å². The molecule has 1 aromatic carbocycles. The molecular formula is C40H64N14O11. The molecule has 1 aromatic heterocycles. The first-order valence-electron chi connectivity index (χ1n) is 21.0. The molecule has 20 N–H and O–H groups in total. The molecule has 25 nitrogen and oxygen atoms in total. The second-order valence-corrected chi connectivity index (χ2v) is 15.4. The number of benzene rings is 1. The number of carboxylic acid groups (broad SMARTS) is 1. The van der Waals surface area contributed by atoms with Gasteiger partial charge < -0.3 is 80.9 Å². The number of nitrogens with zero attached hydrogens (tertiary/aromatic N) is 2. The van der Waals surface area contributed by atoms with Crippen molar-refractivity contribution in [2.24, 2.45) is 39.6 Å². The smallest absolute Gasteiger partial charge is 0.326 e. The van der Waals surface area contributed by atoms with Gasteiger partial charge in [-0.25, -0.2) is 9.78 Å². The number of aliphatic hydroxyl groups excluding tert-OH is 1. The number of rotatable bonds is 30. The highest BCUT2D eigenvalue weighted by Gasteiger charge is 2.35. The lowest BCUT2D eigenvalue weighted by atomic mass is 9.97. The van der Waals surface area contributed by atoms with Gasteiger partial charge in [-0.2, -0.15) is 0 Å². The van der Waals surface area contributed by atoms with Gasteiger partial charge in [-0.1, -0.05) is 38.8 Å². The van der Waals surface area contributed by atoms with Crippen molar-refractivity contribution in [3.8, 4) is 5.75 Å². The third-order valence-corrected chi connectivity index (χ3v) is 10.1. The fraction of sp³-hybridized carbons (Fsp3) is 0.550. The van der Waals surface area contributed by atoms with Crippen LogP contribution in [0.4, 0.5) is 0 Å². The van der Waals surface area contributed by atoms with E-state index < -0.39 is 109 Å². The van der Waals surface area contributed by atoms with Gasteiger partial charge in [0.25, 0.3) is 0 Å². The number of aromatic hydroxyl groups is 1. The number of H-pyrrole nitrogens is 1. The minimum atomic E-state index is -1.72. The number of phenols is 1. The van der Waals surface area contributed by atoms with Crippen LogP contribution in [0.15, 0.2) is 41.8 Å². The lowest BCUT2D eigenvalue weighted by Gasteiger charge is -2.29. The number of amides is 7. The van der Waals surface area contributed by atoms with Gasteiger partial charge in [0, 0.05) is 31.3 Å². The minimum absolute atomic E-state index is 0.0261. The third-order valence-electron chi connectivity index (χ3n) is 10.1. The van der Waals surface area contributed by atoms with E-state index in [4.69, 9.17) is 28.7 Å². The summed E-state index contributed by atoms with van der Waals surface area (Å²) < 4.78 is 0. The van der Waals surface area contributed by atoms with E-state index in [2.05, 4.69) is 46.9 Å². The van der Waals surface area contributed by atoms with Crippen molar-refractivity contribution in [3.63, 3.8) is 0 Å². The van der Waals surface area contributed by atoms with Gasteiger partial charge >= 0.3 is 5.97 Å². The molecule has 0 aliphatic heterocycles. The van der Waals surface area contributed by atoms with Gasteiger partial charge in [0.2, 0.25) is 41.4 Å². The first-order chi connectivity index (χ1) is 30.8. The molecule has 25 heteroatoms. The van der Waals surface area contributed by atoms with E-state index in [9.17, 15) is 53.7 Å². The number of primary amides is 1. The number of carbonyl (C=O) groups is 8. The lowest BCUT2D eigenvalue weighted by Crippen LogP contribution is -2.62. The van der Waals surface area contributed by atoms with Crippen molar-refractivity contribution >= 4 is 53.3 Å². The highest BCUT2D eigenvalue weighted by molar-refractivity contribution is 5.98. The Labute approximate surface area is 375 Å². The Kier molecular flexibility index (Phi) is 23.4. The van der Waals surface area contributed by atoms with E-state index in [1.165, 1.54) is 36.8 Å². The van der Waals surface area contributed by atoms with E-state index in [1.807, 2.05) is 0 Å². The van der Waals surface area contributed by atoms with Gasteiger partial charge in [0.15, 0.2) is 5.96 Å². The number of hydrogen-bond acceptors (Lipinski definition) is 14. The monoisotopic (exact) mass is 916 g/mol. The molecule has 0 aliphatic rings. The Balaban J connectivity index is 2.29. The largest absolute Gasteiger partial charge is 0.508 e.